The van der Waals surface area contributed by atoms with Crippen LogP contribution in [0.3, 0.4) is 0 Å². The molecule has 1 aliphatic heterocycles. The second-order valence-corrected chi connectivity index (χ2v) is 6.92. The van der Waals surface area contributed by atoms with Crippen LogP contribution in [0.15, 0.2) is 29.2 Å². The first-order chi connectivity index (χ1) is 8.91. The minimum atomic E-state index is -3.54. The van der Waals surface area contributed by atoms with Gasteiger partial charge in [-0.2, -0.15) is 4.31 Å². The first-order valence-corrected chi connectivity index (χ1v) is 7.82. The van der Waals surface area contributed by atoms with Gasteiger partial charge in [0.2, 0.25) is 10.0 Å². The molecule has 106 valence electrons. The summed E-state index contributed by atoms with van der Waals surface area (Å²) in [4.78, 5) is 0.114. The molecule has 0 spiro atoms. The molecule has 1 heterocycles. The molecule has 1 atom stereocenters. The van der Waals surface area contributed by atoms with Crippen molar-refractivity contribution in [1.29, 1.82) is 0 Å². The Kier molecular flexibility index (Phi) is 4.13. The van der Waals surface area contributed by atoms with E-state index in [4.69, 9.17) is 0 Å². The van der Waals surface area contributed by atoms with E-state index in [1.165, 1.54) is 28.6 Å². The first-order valence-electron chi connectivity index (χ1n) is 6.38. The molecular formula is C13H19NO4S. The zero-order valence-corrected chi connectivity index (χ0v) is 11.7. The minimum absolute atomic E-state index is 0.0556. The molecule has 0 radical (unpaired) electrons. The van der Waals surface area contributed by atoms with Gasteiger partial charge >= 0.3 is 0 Å². The summed E-state index contributed by atoms with van der Waals surface area (Å²) in [5, 5.41) is 18.9. The van der Waals surface area contributed by atoms with Gasteiger partial charge < -0.3 is 10.2 Å². The number of aromatic hydroxyl groups is 1. The fraction of sp³-hybridized carbons (Fsp3) is 0.538. The second-order valence-electron chi connectivity index (χ2n) is 4.98. The lowest BCUT2D eigenvalue weighted by Crippen LogP contribution is -2.40. The van der Waals surface area contributed by atoms with Gasteiger partial charge in [-0.25, -0.2) is 8.42 Å². The largest absolute Gasteiger partial charge is 0.508 e. The summed E-state index contributed by atoms with van der Waals surface area (Å²) in [6.45, 7) is 2.56. The van der Waals surface area contributed by atoms with Crippen LogP contribution in [-0.4, -0.2) is 42.1 Å². The molecule has 5 nitrogen and oxygen atoms in total. The van der Waals surface area contributed by atoms with Crippen molar-refractivity contribution in [2.24, 2.45) is 5.92 Å². The number of hydrogen-bond donors (Lipinski definition) is 2. The highest BCUT2D eigenvalue weighted by Crippen LogP contribution is 2.26. The summed E-state index contributed by atoms with van der Waals surface area (Å²) in [6, 6.07) is 5.70. The van der Waals surface area contributed by atoms with Crippen LogP contribution in [0.25, 0.3) is 0 Å². The van der Waals surface area contributed by atoms with Crippen LogP contribution in [0.1, 0.15) is 19.8 Å². The summed E-state index contributed by atoms with van der Waals surface area (Å²) in [5.41, 5.74) is 0. The summed E-state index contributed by atoms with van der Waals surface area (Å²) in [7, 11) is -3.54. The van der Waals surface area contributed by atoms with Gasteiger partial charge in [-0.1, -0.05) is 6.07 Å². The second kappa shape index (κ2) is 5.48. The van der Waals surface area contributed by atoms with Gasteiger partial charge in [-0.15, -0.1) is 0 Å². The van der Waals surface area contributed by atoms with Gasteiger partial charge in [0.1, 0.15) is 5.75 Å². The third kappa shape index (κ3) is 3.08. The van der Waals surface area contributed by atoms with Crippen molar-refractivity contribution in [3.8, 4) is 5.75 Å². The monoisotopic (exact) mass is 285 g/mol. The van der Waals surface area contributed by atoms with Crippen molar-refractivity contribution >= 4 is 10.0 Å². The molecule has 1 saturated heterocycles. The van der Waals surface area contributed by atoms with E-state index in [1.807, 2.05) is 0 Å². The van der Waals surface area contributed by atoms with Gasteiger partial charge in [0, 0.05) is 13.1 Å². The minimum Gasteiger partial charge on any atom is -0.508 e. The highest BCUT2D eigenvalue weighted by atomic mass is 32.2. The van der Waals surface area contributed by atoms with Crippen molar-refractivity contribution in [2.75, 3.05) is 13.1 Å². The van der Waals surface area contributed by atoms with Crippen molar-refractivity contribution in [3.63, 3.8) is 0 Å². The van der Waals surface area contributed by atoms with Crippen LogP contribution in [-0.2, 0) is 10.0 Å². The number of aliphatic hydroxyl groups is 1. The van der Waals surface area contributed by atoms with E-state index in [0.29, 0.717) is 25.9 Å². The van der Waals surface area contributed by atoms with Crippen molar-refractivity contribution < 1.29 is 18.6 Å². The molecule has 1 aliphatic rings. The topological polar surface area (TPSA) is 77.8 Å². The Morgan fingerprint density at radius 2 is 1.95 bits per heavy atom. The Hall–Kier alpha value is -1.11. The van der Waals surface area contributed by atoms with E-state index in [1.54, 1.807) is 6.92 Å². The Balaban J connectivity index is 2.14. The summed E-state index contributed by atoms with van der Waals surface area (Å²) in [5.74, 6) is 0.107. The zero-order chi connectivity index (χ0) is 14.0. The van der Waals surface area contributed by atoms with Gasteiger partial charge in [-0.3, -0.25) is 0 Å². The number of nitrogens with zero attached hydrogens (tertiary/aromatic N) is 1. The SMILES string of the molecule is CC(O)C1CCN(S(=O)(=O)c2cccc(O)c2)CC1. The number of rotatable bonds is 3. The van der Waals surface area contributed by atoms with E-state index >= 15 is 0 Å². The number of aliphatic hydroxyl groups excluding tert-OH is 1. The van der Waals surface area contributed by atoms with Gasteiger partial charge in [0.15, 0.2) is 0 Å². The molecule has 0 aliphatic carbocycles. The van der Waals surface area contributed by atoms with Gasteiger partial charge in [0.25, 0.3) is 0 Å². The van der Waals surface area contributed by atoms with Gasteiger partial charge in [-0.05, 0) is 43.9 Å². The molecule has 1 unspecified atom stereocenters. The van der Waals surface area contributed by atoms with E-state index in [2.05, 4.69) is 0 Å². The molecule has 0 bridgehead atoms. The molecule has 19 heavy (non-hydrogen) atoms. The molecular weight excluding hydrogens is 266 g/mol. The number of benzene rings is 1. The molecule has 2 N–H and O–H groups in total. The van der Waals surface area contributed by atoms with Crippen molar-refractivity contribution in [3.05, 3.63) is 24.3 Å². The van der Waals surface area contributed by atoms with Crippen LogP contribution in [0, 0.1) is 5.92 Å². The standard InChI is InChI=1S/C13H19NO4S/c1-10(15)11-5-7-14(8-6-11)19(17,18)13-4-2-3-12(16)9-13/h2-4,9-11,15-16H,5-8H2,1H3. The highest BCUT2D eigenvalue weighted by Gasteiger charge is 2.30. The average molecular weight is 285 g/mol. The maximum atomic E-state index is 12.4. The Morgan fingerprint density at radius 1 is 1.32 bits per heavy atom. The number of hydrogen-bond acceptors (Lipinski definition) is 4. The van der Waals surface area contributed by atoms with Crippen LogP contribution in [0.5, 0.6) is 5.75 Å². The Morgan fingerprint density at radius 3 is 2.47 bits per heavy atom. The third-order valence-electron chi connectivity index (χ3n) is 3.64. The number of sulfonamides is 1. The number of piperidine rings is 1. The summed E-state index contributed by atoms with van der Waals surface area (Å²) >= 11 is 0. The predicted molar refractivity (Wildman–Crippen MR) is 71.3 cm³/mol. The summed E-state index contributed by atoms with van der Waals surface area (Å²) in [6.07, 6.45) is 0.927. The third-order valence-corrected chi connectivity index (χ3v) is 5.53. The van der Waals surface area contributed by atoms with E-state index < -0.39 is 16.1 Å². The molecule has 0 saturated carbocycles. The van der Waals surface area contributed by atoms with Crippen LogP contribution >= 0.6 is 0 Å². The lowest BCUT2D eigenvalue weighted by molar-refractivity contribution is 0.0912. The lowest BCUT2D eigenvalue weighted by atomic mass is 9.93. The maximum absolute atomic E-state index is 12.4. The Bertz CT molecular complexity index is 533. The van der Waals surface area contributed by atoms with E-state index in [9.17, 15) is 18.6 Å². The quantitative estimate of drug-likeness (QED) is 0.874. The maximum Gasteiger partial charge on any atom is 0.243 e. The number of phenolic OH excluding ortho intramolecular Hbond substituents is 1. The van der Waals surface area contributed by atoms with Gasteiger partial charge in [0.05, 0.1) is 11.0 Å². The average Bonchev–Trinajstić information content (AvgIpc) is 2.39. The molecule has 1 aromatic carbocycles. The van der Waals surface area contributed by atoms with Crippen molar-refractivity contribution in [2.45, 2.75) is 30.8 Å². The van der Waals surface area contributed by atoms with Crippen LogP contribution in [0.4, 0.5) is 0 Å². The number of phenols is 1. The molecule has 0 aromatic heterocycles. The smallest absolute Gasteiger partial charge is 0.243 e. The Labute approximate surface area is 113 Å². The first kappa shape index (κ1) is 14.3. The molecule has 2 rings (SSSR count). The molecule has 6 heteroatoms. The molecule has 1 fully saturated rings. The van der Waals surface area contributed by atoms with Crippen molar-refractivity contribution in [1.82, 2.24) is 4.31 Å². The van der Waals surface area contributed by atoms with E-state index in [-0.39, 0.29) is 16.6 Å². The highest BCUT2D eigenvalue weighted by molar-refractivity contribution is 7.89. The predicted octanol–water partition coefficient (Wildman–Crippen LogP) is 1.17. The molecule has 1 aromatic rings. The normalized spacial score (nSPS) is 20.3. The fourth-order valence-electron chi connectivity index (χ4n) is 2.39. The lowest BCUT2D eigenvalue weighted by Gasteiger charge is -2.32. The fourth-order valence-corrected chi connectivity index (χ4v) is 3.90. The summed E-state index contributed by atoms with van der Waals surface area (Å²) < 4.78 is 26.2. The zero-order valence-electron chi connectivity index (χ0n) is 10.9. The van der Waals surface area contributed by atoms with E-state index in [0.717, 1.165) is 0 Å². The molecule has 0 amide bonds. The van der Waals surface area contributed by atoms with Crippen LogP contribution in [0.2, 0.25) is 0 Å². The van der Waals surface area contributed by atoms with Crippen LogP contribution < -0.4 is 0 Å².